The van der Waals surface area contributed by atoms with E-state index in [1.807, 2.05) is 13.8 Å². The lowest BCUT2D eigenvalue weighted by molar-refractivity contribution is 0.0687. The van der Waals surface area contributed by atoms with Crippen molar-refractivity contribution in [2.45, 2.75) is 20.8 Å². The van der Waals surface area contributed by atoms with Gasteiger partial charge in [-0.05, 0) is 13.0 Å². The molecular weight excluding hydrogens is 272 g/mol. The van der Waals surface area contributed by atoms with Crippen LogP contribution in [-0.2, 0) is 0 Å². The second-order valence-corrected chi connectivity index (χ2v) is 4.60. The first-order valence-corrected chi connectivity index (χ1v) is 6.28. The highest BCUT2D eigenvalue weighted by Crippen LogP contribution is 2.20. The van der Waals surface area contributed by atoms with Gasteiger partial charge in [-0.25, -0.2) is 14.9 Å². The van der Waals surface area contributed by atoms with Crippen molar-refractivity contribution >= 4 is 5.97 Å². The molecule has 0 aliphatic heterocycles. The number of pyridine rings is 1. The van der Waals surface area contributed by atoms with Gasteiger partial charge >= 0.3 is 5.97 Å². The molecule has 0 aliphatic rings. The average Bonchev–Trinajstić information content (AvgIpc) is 2.86. The molecule has 0 atom stereocenters. The molecule has 7 heteroatoms. The Morgan fingerprint density at radius 3 is 2.81 bits per heavy atom. The van der Waals surface area contributed by atoms with E-state index in [1.54, 1.807) is 19.1 Å². The number of H-pyrrole nitrogens is 1. The standard InChI is InChI=1S/C14H14N4O3/c1-8(2)4-5-10-6-7-11(15-9(10)3)21-13-12(14(19)20)16-18-17-13/h6-8H,1-3H3,(H,19,20)(H,16,17,18). The third kappa shape index (κ3) is 3.57. The molecule has 108 valence electrons. The summed E-state index contributed by atoms with van der Waals surface area (Å²) in [4.78, 5) is 15.1. The van der Waals surface area contributed by atoms with Crippen LogP contribution in [0.15, 0.2) is 12.1 Å². The first-order chi connectivity index (χ1) is 9.97. The molecule has 0 saturated carbocycles. The number of carbonyl (C=O) groups is 1. The van der Waals surface area contributed by atoms with Crippen LogP contribution in [0.25, 0.3) is 0 Å². The first kappa shape index (κ1) is 14.5. The van der Waals surface area contributed by atoms with E-state index < -0.39 is 5.97 Å². The number of nitrogens with one attached hydrogen (secondary N) is 1. The molecule has 0 aromatic carbocycles. The molecule has 2 aromatic rings. The molecule has 7 nitrogen and oxygen atoms in total. The number of carboxylic acid groups (broad SMARTS) is 1. The zero-order valence-corrected chi connectivity index (χ0v) is 11.8. The minimum absolute atomic E-state index is 0.0598. The summed E-state index contributed by atoms with van der Waals surface area (Å²) in [5.74, 6) is 5.32. The summed E-state index contributed by atoms with van der Waals surface area (Å²) in [6, 6.07) is 3.39. The van der Waals surface area contributed by atoms with Crippen LogP contribution in [0.1, 0.15) is 35.6 Å². The molecule has 2 N–H and O–H groups in total. The van der Waals surface area contributed by atoms with Crippen molar-refractivity contribution in [3.05, 3.63) is 29.1 Å². The summed E-state index contributed by atoms with van der Waals surface area (Å²) in [5.41, 5.74) is 1.21. The molecule has 0 saturated heterocycles. The minimum Gasteiger partial charge on any atom is -0.476 e. The quantitative estimate of drug-likeness (QED) is 0.837. The highest BCUT2D eigenvalue weighted by atomic mass is 16.5. The molecule has 0 amide bonds. The van der Waals surface area contributed by atoms with E-state index in [9.17, 15) is 4.79 Å². The van der Waals surface area contributed by atoms with Crippen LogP contribution < -0.4 is 4.74 Å². The predicted octanol–water partition coefficient (Wildman–Crippen LogP) is 2.01. The fraction of sp³-hybridized carbons (Fsp3) is 0.286. The molecule has 0 aliphatic carbocycles. The lowest BCUT2D eigenvalue weighted by Crippen LogP contribution is -2.01. The maximum Gasteiger partial charge on any atom is 0.362 e. The normalized spacial score (nSPS) is 10.1. The Morgan fingerprint density at radius 2 is 2.19 bits per heavy atom. The number of nitrogens with zero attached hydrogens (tertiary/aromatic N) is 3. The fourth-order valence-electron chi connectivity index (χ4n) is 1.48. The van der Waals surface area contributed by atoms with Gasteiger partial charge in [-0.1, -0.05) is 30.9 Å². The van der Waals surface area contributed by atoms with Crippen molar-refractivity contribution < 1.29 is 14.6 Å². The Hall–Kier alpha value is -2.88. The van der Waals surface area contributed by atoms with Crippen LogP contribution >= 0.6 is 0 Å². The summed E-state index contributed by atoms with van der Waals surface area (Å²) >= 11 is 0. The summed E-state index contributed by atoms with van der Waals surface area (Å²) in [6.07, 6.45) is 0. The monoisotopic (exact) mass is 286 g/mol. The molecule has 21 heavy (non-hydrogen) atoms. The van der Waals surface area contributed by atoms with Crippen LogP contribution in [0.3, 0.4) is 0 Å². The maximum absolute atomic E-state index is 10.9. The van der Waals surface area contributed by atoms with E-state index in [0.29, 0.717) is 5.69 Å². The number of carboxylic acids is 1. The second kappa shape index (κ2) is 6.05. The topological polar surface area (TPSA) is 101 Å². The summed E-state index contributed by atoms with van der Waals surface area (Å²) < 4.78 is 5.35. The molecule has 0 radical (unpaired) electrons. The smallest absolute Gasteiger partial charge is 0.362 e. The average molecular weight is 286 g/mol. The second-order valence-electron chi connectivity index (χ2n) is 4.60. The summed E-state index contributed by atoms with van der Waals surface area (Å²) in [6.45, 7) is 5.82. The molecule has 0 spiro atoms. The van der Waals surface area contributed by atoms with E-state index in [4.69, 9.17) is 9.84 Å². The van der Waals surface area contributed by atoms with Gasteiger partial charge in [0.1, 0.15) is 0 Å². The van der Waals surface area contributed by atoms with Crippen molar-refractivity contribution in [2.75, 3.05) is 0 Å². The van der Waals surface area contributed by atoms with Gasteiger partial charge in [-0.3, -0.25) is 0 Å². The Labute approximate surface area is 121 Å². The zero-order chi connectivity index (χ0) is 15.4. The van der Waals surface area contributed by atoms with Gasteiger partial charge in [0.05, 0.1) is 5.69 Å². The number of ether oxygens (including phenoxy) is 1. The summed E-state index contributed by atoms with van der Waals surface area (Å²) in [7, 11) is 0. The van der Waals surface area contributed by atoms with Crippen LogP contribution in [-0.4, -0.2) is 31.5 Å². The molecule has 2 aromatic heterocycles. The van der Waals surface area contributed by atoms with Gasteiger partial charge in [0.25, 0.3) is 5.88 Å². The SMILES string of the molecule is Cc1nc(Oc2[nH]nnc2C(=O)O)ccc1C#CC(C)C. The highest BCUT2D eigenvalue weighted by Gasteiger charge is 2.17. The lowest BCUT2D eigenvalue weighted by atomic mass is 10.1. The molecule has 0 unspecified atom stereocenters. The number of aryl methyl sites for hydroxylation is 1. The number of rotatable bonds is 3. The van der Waals surface area contributed by atoms with Gasteiger partial charge < -0.3 is 9.84 Å². The Kier molecular flexibility index (Phi) is 4.18. The third-order valence-corrected chi connectivity index (χ3v) is 2.48. The lowest BCUT2D eigenvalue weighted by Gasteiger charge is -2.04. The minimum atomic E-state index is -1.23. The van der Waals surface area contributed by atoms with Crippen LogP contribution in [0, 0.1) is 24.7 Å². The Morgan fingerprint density at radius 1 is 1.43 bits per heavy atom. The van der Waals surface area contributed by atoms with Crippen LogP contribution in [0.4, 0.5) is 0 Å². The molecule has 0 fully saturated rings. The largest absolute Gasteiger partial charge is 0.476 e. The number of aromatic amines is 1. The molecule has 2 rings (SSSR count). The molecule has 0 bridgehead atoms. The fourth-order valence-corrected chi connectivity index (χ4v) is 1.48. The van der Waals surface area contributed by atoms with Gasteiger partial charge in [0, 0.05) is 17.5 Å². The van der Waals surface area contributed by atoms with Gasteiger partial charge in [0.15, 0.2) is 0 Å². The van der Waals surface area contributed by atoms with E-state index in [2.05, 4.69) is 32.2 Å². The number of hydrogen-bond donors (Lipinski definition) is 2. The van der Waals surface area contributed by atoms with E-state index in [0.717, 1.165) is 5.56 Å². The van der Waals surface area contributed by atoms with Gasteiger partial charge in [0.2, 0.25) is 11.6 Å². The number of aromatic carboxylic acids is 1. The van der Waals surface area contributed by atoms with Crippen molar-refractivity contribution in [3.8, 4) is 23.6 Å². The van der Waals surface area contributed by atoms with Gasteiger partial charge in [-0.2, -0.15) is 0 Å². The van der Waals surface area contributed by atoms with Crippen molar-refractivity contribution in [2.24, 2.45) is 5.92 Å². The van der Waals surface area contributed by atoms with E-state index >= 15 is 0 Å². The molecular formula is C14H14N4O3. The van der Waals surface area contributed by atoms with E-state index in [-0.39, 0.29) is 23.4 Å². The van der Waals surface area contributed by atoms with Crippen LogP contribution in [0.5, 0.6) is 11.8 Å². The van der Waals surface area contributed by atoms with Crippen LogP contribution in [0.2, 0.25) is 0 Å². The van der Waals surface area contributed by atoms with E-state index in [1.165, 1.54) is 0 Å². The predicted molar refractivity (Wildman–Crippen MR) is 74.1 cm³/mol. The third-order valence-electron chi connectivity index (χ3n) is 2.48. The maximum atomic E-state index is 10.9. The molecule has 2 heterocycles. The van der Waals surface area contributed by atoms with Crippen molar-refractivity contribution in [3.63, 3.8) is 0 Å². The van der Waals surface area contributed by atoms with Crippen molar-refractivity contribution in [1.29, 1.82) is 0 Å². The highest BCUT2D eigenvalue weighted by molar-refractivity contribution is 5.87. The van der Waals surface area contributed by atoms with Gasteiger partial charge in [-0.15, -0.1) is 5.10 Å². The Bertz CT molecular complexity index is 725. The zero-order valence-electron chi connectivity index (χ0n) is 11.8. The number of aromatic nitrogens is 4. The first-order valence-electron chi connectivity index (χ1n) is 6.28. The Balaban J connectivity index is 2.23. The number of hydrogen-bond acceptors (Lipinski definition) is 5. The summed E-state index contributed by atoms with van der Waals surface area (Å²) in [5, 5.41) is 18.1. The van der Waals surface area contributed by atoms with Crippen molar-refractivity contribution in [1.82, 2.24) is 20.4 Å².